The van der Waals surface area contributed by atoms with Crippen molar-refractivity contribution in [3.05, 3.63) is 0 Å². The van der Waals surface area contributed by atoms with E-state index in [1.54, 1.807) is 4.90 Å². The van der Waals surface area contributed by atoms with Crippen LogP contribution in [0, 0.1) is 5.41 Å². The van der Waals surface area contributed by atoms with Crippen molar-refractivity contribution < 1.29 is 13.2 Å². The fourth-order valence-corrected chi connectivity index (χ4v) is 3.02. The Morgan fingerprint density at radius 2 is 1.60 bits per heavy atom. The van der Waals surface area contributed by atoms with Crippen LogP contribution >= 0.6 is 0 Å². The Morgan fingerprint density at radius 3 is 1.95 bits per heavy atom. The van der Waals surface area contributed by atoms with Crippen molar-refractivity contribution in [1.29, 1.82) is 0 Å². The highest BCUT2D eigenvalue weighted by atomic mass is 32.2. The fraction of sp³-hybridized carbons (Fsp3) is 0.917. The number of amides is 1. The van der Waals surface area contributed by atoms with Crippen LogP contribution in [-0.2, 0) is 15.0 Å². The smallest absolute Gasteiger partial charge is 0.281 e. The molecule has 0 aromatic rings. The van der Waals surface area contributed by atoms with Crippen molar-refractivity contribution in [2.24, 2.45) is 11.1 Å². The van der Waals surface area contributed by atoms with Crippen molar-refractivity contribution in [3.8, 4) is 0 Å². The third kappa shape index (κ3) is 3.69. The Bertz CT molecular complexity index is 448. The first kappa shape index (κ1) is 17.4. The van der Waals surface area contributed by atoms with Crippen LogP contribution in [0.2, 0.25) is 0 Å². The second kappa shape index (κ2) is 5.97. The molecule has 20 heavy (non-hydrogen) atoms. The van der Waals surface area contributed by atoms with Crippen molar-refractivity contribution in [1.82, 2.24) is 13.5 Å². The lowest BCUT2D eigenvalue weighted by atomic mass is 9.86. The molecule has 1 fully saturated rings. The van der Waals surface area contributed by atoms with E-state index in [2.05, 4.69) is 0 Å². The molecule has 1 saturated heterocycles. The second-order valence-corrected chi connectivity index (χ2v) is 8.50. The molecule has 1 unspecified atom stereocenters. The summed E-state index contributed by atoms with van der Waals surface area (Å²) in [4.78, 5) is 13.9. The maximum atomic E-state index is 12.3. The molecule has 8 heteroatoms. The third-order valence-electron chi connectivity index (χ3n) is 3.54. The van der Waals surface area contributed by atoms with Crippen LogP contribution in [-0.4, -0.2) is 74.2 Å². The minimum absolute atomic E-state index is 0.112. The molecular weight excluding hydrogens is 280 g/mol. The van der Waals surface area contributed by atoms with Gasteiger partial charge in [-0.3, -0.25) is 4.79 Å². The fourth-order valence-electron chi connectivity index (χ4n) is 1.94. The summed E-state index contributed by atoms with van der Waals surface area (Å²) in [6.45, 7) is 7.14. The highest BCUT2D eigenvalue weighted by Gasteiger charge is 2.35. The number of carbonyl (C=O) groups is 1. The summed E-state index contributed by atoms with van der Waals surface area (Å²) in [5, 5.41) is 0. The predicted molar refractivity (Wildman–Crippen MR) is 78.2 cm³/mol. The monoisotopic (exact) mass is 306 g/mol. The lowest BCUT2D eigenvalue weighted by molar-refractivity contribution is -0.136. The molecule has 1 heterocycles. The topological polar surface area (TPSA) is 87.0 Å². The third-order valence-corrected chi connectivity index (χ3v) is 5.48. The lowest BCUT2D eigenvalue weighted by Gasteiger charge is -2.38. The quantitative estimate of drug-likeness (QED) is 0.748. The summed E-state index contributed by atoms with van der Waals surface area (Å²) < 4.78 is 26.5. The number of carbonyl (C=O) groups excluding carboxylic acids is 1. The van der Waals surface area contributed by atoms with E-state index in [0.29, 0.717) is 26.2 Å². The van der Waals surface area contributed by atoms with Gasteiger partial charge >= 0.3 is 0 Å². The van der Waals surface area contributed by atoms with E-state index in [-0.39, 0.29) is 11.3 Å². The average molecular weight is 306 g/mol. The van der Waals surface area contributed by atoms with Crippen molar-refractivity contribution >= 4 is 16.1 Å². The van der Waals surface area contributed by atoms with Gasteiger partial charge in [-0.1, -0.05) is 20.8 Å². The van der Waals surface area contributed by atoms with Gasteiger partial charge in [-0.05, 0) is 5.41 Å². The van der Waals surface area contributed by atoms with E-state index in [1.165, 1.54) is 22.7 Å². The molecule has 1 aliphatic heterocycles. The van der Waals surface area contributed by atoms with Crippen LogP contribution in [0.25, 0.3) is 0 Å². The van der Waals surface area contributed by atoms with Gasteiger partial charge in [-0.2, -0.15) is 17.0 Å². The summed E-state index contributed by atoms with van der Waals surface area (Å²) in [7, 11) is -0.396. The maximum absolute atomic E-state index is 12.3. The van der Waals surface area contributed by atoms with Gasteiger partial charge in [0.1, 0.15) is 0 Å². The van der Waals surface area contributed by atoms with Gasteiger partial charge in [-0.15, -0.1) is 0 Å². The highest BCUT2D eigenvalue weighted by Crippen LogP contribution is 2.20. The van der Waals surface area contributed by atoms with Crippen molar-refractivity contribution in [2.75, 3.05) is 40.3 Å². The summed E-state index contributed by atoms with van der Waals surface area (Å²) in [5.41, 5.74) is 5.66. The molecule has 0 spiro atoms. The molecule has 0 aliphatic carbocycles. The van der Waals surface area contributed by atoms with Gasteiger partial charge in [0.25, 0.3) is 10.2 Å². The Hall–Kier alpha value is -0.700. The van der Waals surface area contributed by atoms with E-state index in [0.717, 1.165) is 0 Å². The Kier molecular flexibility index (Phi) is 5.18. The van der Waals surface area contributed by atoms with Gasteiger partial charge in [-0.25, -0.2) is 0 Å². The van der Waals surface area contributed by atoms with Crippen LogP contribution in [0.1, 0.15) is 20.8 Å². The Balaban J connectivity index is 2.66. The van der Waals surface area contributed by atoms with E-state index < -0.39 is 16.3 Å². The standard InChI is InChI=1S/C12H26N4O3S/c1-12(2,3)10(13)11(17)15-6-8-16(9-7-15)20(18,19)14(4)5/h10H,6-9,13H2,1-5H3. The molecule has 2 N–H and O–H groups in total. The summed E-state index contributed by atoms with van der Waals surface area (Å²) in [6, 6.07) is -0.570. The summed E-state index contributed by atoms with van der Waals surface area (Å²) >= 11 is 0. The lowest BCUT2D eigenvalue weighted by Crippen LogP contribution is -2.57. The SMILES string of the molecule is CN(C)S(=O)(=O)N1CCN(C(=O)C(N)C(C)(C)C)CC1. The Labute approximate surface area is 121 Å². The van der Waals surface area contributed by atoms with Gasteiger partial charge in [0.2, 0.25) is 5.91 Å². The molecule has 7 nitrogen and oxygen atoms in total. The van der Waals surface area contributed by atoms with Crippen LogP contribution in [0.5, 0.6) is 0 Å². The van der Waals surface area contributed by atoms with Gasteiger partial charge in [0.15, 0.2) is 0 Å². The molecule has 118 valence electrons. The molecule has 0 bridgehead atoms. The minimum atomic E-state index is -3.40. The van der Waals surface area contributed by atoms with Gasteiger partial charge < -0.3 is 10.6 Å². The Morgan fingerprint density at radius 1 is 1.15 bits per heavy atom. The molecule has 0 radical (unpaired) electrons. The first-order valence-corrected chi connectivity index (χ1v) is 8.09. The molecule has 0 aromatic heterocycles. The first-order chi connectivity index (χ1) is 8.98. The van der Waals surface area contributed by atoms with E-state index >= 15 is 0 Å². The number of hydrogen-bond acceptors (Lipinski definition) is 4. The molecule has 1 rings (SSSR count). The maximum Gasteiger partial charge on any atom is 0.281 e. The van der Waals surface area contributed by atoms with Gasteiger partial charge in [0, 0.05) is 40.3 Å². The zero-order chi connectivity index (χ0) is 15.7. The molecule has 1 atom stereocenters. The van der Waals surface area contributed by atoms with Crippen molar-refractivity contribution in [3.63, 3.8) is 0 Å². The minimum Gasteiger partial charge on any atom is -0.339 e. The zero-order valence-corrected chi connectivity index (χ0v) is 13.8. The average Bonchev–Trinajstić information content (AvgIpc) is 2.35. The summed E-state index contributed by atoms with van der Waals surface area (Å²) in [6.07, 6.45) is 0. The van der Waals surface area contributed by atoms with E-state index in [4.69, 9.17) is 5.73 Å². The number of piperazine rings is 1. The van der Waals surface area contributed by atoms with E-state index in [9.17, 15) is 13.2 Å². The van der Waals surface area contributed by atoms with Crippen LogP contribution in [0.3, 0.4) is 0 Å². The normalized spacial score (nSPS) is 20.2. The predicted octanol–water partition coefficient (Wildman–Crippen LogP) is -0.690. The zero-order valence-electron chi connectivity index (χ0n) is 13.0. The molecule has 0 saturated carbocycles. The molecular formula is C12H26N4O3S. The highest BCUT2D eigenvalue weighted by molar-refractivity contribution is 7.86. The number of nitrogens with zero attached hydrogens (tertiary/aromatic N) is 3. The second-order valence-electron chi connectivity index (χ2n) is 6.36. The largest absolute Gasteiger partial charge is 0.339 e. The van der Waals surface area contributed by atoms with Crippen molar-refractivity contribution in [2.45, 2.75) is 26.8 Å². The number of hydrogen-bond donors (Lipinski definition) is 1. The molecule has 1 amide bonds. The molecule has 0 aromatic carbocycles. The van der Waals surface area contributed by atoms with Crippen LogP contribution in [0.15, 0.2) is 0 Å². The van der Waals surface area contributed by atoms with Crippen LogP contribution in [0.4, 0.5) is 0 Å². The summed E-state index contributed by atoms with van der Waals surface area (Å²) in [5.74, 6) is -0.112. The molecule has 1 aliphatic rings. The van der Waals surface area contributed by atoms with E-state index in [1.807, 2.05) is 20.8 Å². The van der Waals surface area contributed by atoms with Gasteiger partial charge in [0.05, 0.1) is 6.04 Å². The first-order valence-electron chi connectivity index (χ1n) is 6.70. The number of nitrogens with two attached hydrogens (primary N) is 1. The number of rotatable bonds is 3. The van der Waals surface area contributed by atoms with Crippen LogP contribution < -0.4 is 5.73 Å².